The molecule has 0 atom stereocenters. The van der Waals surface area contributed by atoms with Crippen molar-refractivity contribution in [2.24, 2.45) is 0 Å². The van der Waals surface area contributed by atoms with E-state index in [-0.39, 0.29) is 17.1 Å². The lowest BCUT2D eigenvalue weighted by Gasteiger charge is -2.04. The fourth-order valence-corrected chi connectivity index (χ4v) is 3.09. The predicted octanol–water partition coefficient (Wildman–Crippen LogP) is 2.21. The summed E-state index contributed by atoms with van der Waals surface area (Å²) >= 11 is 0. The summed E-state index contributed by atoms with van der Waals surface area (Å²) in [6.07, 6.45) is 2.70. The van der Waals surface area contributed by atoms with Gasteiger partial charge in [0.1, 0.15) is 0 Å². The predicted molar refractivity (Wildman–Crippen MR) is 74.2 cm³/mol. The van der Waals surface area contributed by atoms with Gasteiger partial charge in [0, 0.05) is 12.4 Å². The van der Waals surface area contributed by atoms with E-state index in [0.29, 0.717) is 5.56 Å². The van der Waals surface area contributed by atoms with E-state index in [4.69, 9.17) is 4.74 Å². The lowest BCUT2D eigenvalue weighted by Crippen LogP contribution is -2.11. The van der Waals surface area contributed by atoms with E-state index in [1.807, 2.05) is 0 Å². The van der Waals surface area contributed by atoms with Crippen LogP contribution in [0, 0.1) is 6.92 Å². The Kier molecular flexibility index (Phi) is 3.94. The van der Waals surface area contributed by atoms with Crippen LogP contribution in [-0.2, 0) is 14.8 Å². The van der Waals surface area contributed by atoms with Crippen LogP contribution in [-0.4, -0.2) is 25.0 Å². The number of benzene rings is 1. The van der Waals surface area contributed by atoms with E-state index < -0.39 is 16.0 Å². The number of hydrogen-bond donors (Lipinski definition) is 0. The number of aromatic nitrogens is 1. The highest BCUT2D eigenvalue weighted by molar-refractivity contribution is 7.90. The van der Waals surface area contributed by atoms with Gasteiger partial charge in [-0.15, -0.1) is 0 Å². The number of carbonyl (C=O) groups is 1. The second kappa shape index (κ2) is 5.50. The number of hydrogen-bond acceptors (Lipinski definition) is 4. The number of rotatable bonds is 4. The Bertz CT molecular complexity index is 717. The summed E-state index contributed by atoms with van der Waals surface area (Å²) in [5.41, 5.74) is 0.814. The molecule has 0 aliphatic rings. The maximum atomic E-state index is 12.4. The molecule has 0 bridgehead atoms. The fraction of sp³-hybridized carbons (Fsp3) is 0.214. The van der Waals surface area contributed by atoms with E-state index in [0.717, 1.165) is 3.97 Å². The van der Waals surface area contributed by atoms with Crippen molar-refractivity contribution in [1.29, 1.82) is 0 Å². The van der Waals surface area contributed by atoms with Crippen molar-refractivity contribution >= 4 is 16.0 Å². The number of nitrogens with zero attached hydrogens (tertiary/aromatic N) is 1. The Hall–Kier alpha value is -2.08. The quantitative estimate of drug-likeness (QED) is 0.811. The molecule has 1 aromatic heterocycles. The highest BCUT2D eigenvalue weighted by Gasteiger charge is 2.20. The van der Waals surface area contributed by atoms with E-state index in [2.05, 4.69) is 0 Å². The lowest BCUT2D eigenvalue weighted by atomic mass is 10.2. The van der Waals surface area contributed by atoms with Crippen LogP contribution >= 0.6 is 0 Å². The topological polar surface area (TPSA) is 65.4 Å². The molecule has 0 spiro atoms. The second-order valence-electron chi connectivity index (χ2n) is 4.22. The molecule has 2 rings (SSSR count). The van der Waals surface area contributed by atoms with Gasteiger partial charge in [-0.1, -0.05) is 18.2 Å². The maximum Gasteiger partial charge on any atom is 0.339 e. The maximum absolute atomic E-state index is 12.4. The summed E-state index contributed by atoms with van der Waals surface area (Å²) in [6.45, 7) is 3.61. The van der Waals surface area contributed by atoms with Crippen LogP contribution in [0.5, 0.6) is 0 Å². The number of ether oxygens (including phenoxy) is 1. The van der Waals surface area contributed by atoms with Crippen molar-refractivity contribution < 1.29 is 17.9 Å². The zero-order chi connectivity index (χ0) is 14.8. The smallest absolute Gasteiger partial charge is 0.339 e. The van der Waals surface area contributed by atoms with Gasteiger partial charge in [0.25, 0.3) is 10.0 Å². The van der Waals surface area contributed by atoms with Gasteiger partial charge in [-0.25, -0.2) is 17.2 Å². The van der Waals surface area contributed by atoms with Gasteiger partial charge in [-0.3, -0.25) is 0 Å². The minimum absolute atomic E-state index is 0.172. The van der Waals surface area contributed by atoms with Gasteiger partial charge < -0.3 is 4.74 Å². The molecule has 6 heteroatoms. The zero-order valence-electron chi connectivity index (χ0n) is 11.2. The largest absolute Gasteiger partial charge is 0.462 e. The third-order valence-electron chi connectivity index (χ3n) is 2.82. The van der Waals surface area contributed by atoms with Gasteiger partial charge in [-0.05, 0) is 31.5 Å². The van der Waals surface area contributed by atoms with Crippen LogP contribution in [0.2, 0.25) is 0 Å². The summed E-state index contributed by atoms with van der Waals surface area (Å²) in [5, 5.41) is 0. The molecule has 1 heterocycles. The molecule has 2 aromatic rings. The van der Waals surface area contributed by atoms with Crippen LogP contribution in [0.3, 0.4) is 0 Å². The average molecular weight is 293 g/mol. The highest BCUT2D eigenvalue weighted by Crippen LogP contribution is 2.18. The Balaban J connectivity index is 2.45. The van der Waals surface area contributed by atoms with Gasteiger partial charge >= 0.3 is 5.97 Å². The van der Waals surface area contributed by atoms with Crippen molar-refractivity contribution in [1.82, 2.24) is 3.97 Å². The molecule has 0 aliphatic heterocycles. The molecule has 0 radical (unpaired) electrons. The van der Waals surface area contributed by atoms with Crippen molar-refractivity contribution in [3.05, 3.63) is 53.9 Å². The van der Waals surface area contributed by atoms with Crippen molar-refractivity contribution in [3.8, 4) is 0 Å². The first-order valence-corrected chi connectivity index (χ1v) is 7.57. The van der Waals surface area contributed by atoms with Gasteiger partial charge in [0.2, 0.25) is 0 Å². The third kappa shape index (κ3) is 2.60. The number of carbonyl (C=O) groups excluding carboxylic acids is 1. The summed E-state index contributed by atoms with van der Waals surface area (Å²) in [5.74, 6) is -0.521. The molecule has 5 nitrogen and oxygen atoms in total. The van der Waals surface area contributed by atoms with Crippen LogP contribution in [0.25, 0.3) is 0 Å². The molecular weight excluding hydrogens is 278 g/mol. The Labute approximate surface area is 117 Å². The number of esters is 1. The zero-order valence-corrected chi connectivity index (χ0v) is 12.1. The lowest BCUT2D eigenvalue weighted by molar-refractivity contribution is 0.0526. The second-order valence-corrected chi connectivity index (χ2v) is 6.07. The van der Waals surface area contributed by atoms with Crippen LogP contribution in [0.4, 0.5) is 0 Å². The molecule has 0 amide bonds. The van der Waals surface area contributed by atoms with Crippen molar-refractivity contribution in [2.75, 3.05) is 6.61 Å². The molecule has 0 unspecified atom stereocenters. The van der Waals surface area contributed by atoms with Crippen LogP contribution < -0.4 is 0 Å². The molecule has 0 fully saturated rings. The van der Waals surface area contributed by atoms with Gasteiger partial charge in [0.15, 0.2) is 0 Å². The first-order chi connectivity index (χ1) is 9.46. The van der Waals surface area contributed by atoms with E-state index >= 15 is 0 Å². The van der Waals surface area contributed by atoms with E-state index in [1.165, 1.54) is 24.5 Å². The molecular formula is C14H15NO4S. The summed E-state index contributed by atoms with van der Waals surface area (Å²) in [7, 11) is -3.68. The first kappa shape index (κ1) is 14.3. The molecule has 20 heavy (non-hydrogen) atoms. The van der Waals surface area contributed by atoms with Crippen molar-refractivity contribution in [2.45, 2.75) is 18.7 Å². The highest BCUT2D eigenvalue weighted by atomic mass is 32.2. The molecule has 1 aromatic carbocycles. The summed E-state index contributed by atoms with van der Waals surface area (Å²) < 4.78 is 30.7. The van der Waals surface area contributed by atoms with Gasteiger partial charge in [0.05, 0.1) is 17.1 Å². The summed E-state index contributed by atoms with van der Waals surface area (Å²) in [4.78, 5) is 11.9. The Morgan fingerprint density at radius 3 is 2.45 bits per heavy atom. The molecule has 0 saturated carbocycles. The van der Waals surface area contributed by atoms with E-state index in [1.54, 1.807) is 32.0 Å². The monoisotopic (exact) mass is 293 g/mol. The van der Waals surface area contributed by atoms with E-state index in [9.17, 15) is 13.2 Å². The first-order valence-electron chi connectivity index (χ1n) is 6.13. The molecule has 106 valence electrons. The van der Waals surface area contributed by atoms with Crippen molar-refractivity contribution in [3.63, 3.8) is 0 Å². The Morgan fingerprint density at radius 1 is 1.20 bits per heavy atom. The Morgan fingerprint density at radius 2 is 1.85 bits per heavy atom. The minimum Gasteiger partial charge on any atom is -0.462 e. The molecule has 0 aliphatic carbocycles. The standard InChI is InChI=1S/C14H15NO4S/c1-3-19-14(16)13-10-15(9-11(13)2)20(17,18)12-7-5-4-6-8-12/h4-10H,3H2,1-2H3. The SMILES string of the molecule is CCOC(=O)c1cn(S(=O)(=O)c2ccccc2)cc1C. The number of aryl methyl sites for hydroxylation is 1. The third-order valence-corrected chi connectivity index (χ3v) is 4.45. The minimum atomic E-state index is -3.68. The van der Waals surface area contributed by atoms with Gasteiger partial charge in [-0.2, -0.15) is 0 Å². The molecule has 0 saturated heterocycles. The summed E-state index contributed by atoms with van der Waals surface area (Å²) in [6, 6.07) is 8.05. The molecule has 0 N–H and O–H groups in total. The van der Waals surface area contributed by atoms with Crippen LogP contribution in [0.1, 0.15) is 22.8 Å². The normalized spacial score (nSPS) is 11.3. The van der Waals surface area contributed by atoms with Crippen LogP contribution in [0.15, 0.2) is 47.6 Å². The fourth-order valence-electron chi connectivity index (χ4n) is 1.80. The average Bonchev–Trinajstić information content (AvgIpc) is 2.83.